The van der Waals surface area contributed by atoms with Crippen LogP contribution in [0.1, 0.15) is 107 Å². The fourth-order valence-corrected chi connectivity index (χ4v) is 3.61. The summed E-state index contributed by atoms with van der Waals surface area (Å²) in [5, 5.41) is 12.4. The van der Waals surface area contributed by atoms with Gasteiger partial charge in [0.05, 0.1) is 12.8 Å². The highest BCUT2D eigenvalue weighted by Gasteiger charge is 2.19. The number of anilines is 1. The van der Waals surface area contributed by atoms with Crippen molar-refractivity contribution >= 4 is 23.3 Å². The van der Waals surface area contributed by atoms with Gasteiger partial charge in [-0.05, 0) is 30.5 Å². The highest BCUT2D eigenvalue weighted by molar-refractivity contribution is 5.99. The molecule has 0 bridgehead atoms. The normalized spacial score (nSPS) is 10.7. The molecule has 0 aromatic heterocycles. The Morgan fingerprint density at radius 2 is 1.45 bits per heavy atom. The van der Waals surface area contributed by atoms with Crippen molar-refractivity contribution in [2.75, 3.05) is 12.4 Å². The molecule has 0 fully saturated rings. The number of carboxylic acid groups (broad SMARTS) is 1. The average Bonchev–Trinajstić information content (AvgIpc) is 2.73. The van der Waals surface area contributed by atoms with Crippen LogP contribution in [0.25, 0.3) is 0 Å². The van der Waals surface area contributed by atoms with Crippen molar-refractivity contribution in [1.82, 2.24) is 0 Å². The number of amides is 1. The van der Waals surface area contributed by atoms with E-state index in [1.54, 1.807) is 6.07 Å². The van der Waals surface area contributed by atoms with Gasteiger partial charge >= 0.3 is 5.97 Å². The number of ether oxygens (including phenoxy) is 1. The van der Waals surface area contributed by atoms with E-state index in [1.165, 1.54) is 19.6 Å². The number of hydrogen-bond donors (Lipinski definition) is 2. The number of unbranched alkanes of at least 4 members (excludes halogenated alkanes) is 8. The Morgan fingerprint density at radius 1 is 0.871 bits per heavy atom. The van der Waals surface area contributed by atoms with Crippen LogP contribution in [0.4, 0.5) is 5.69 Å². The summed E-state index contributed by atoms with van der Waals surface area (Å²) < 4.78 is 5.28. The Bertz CT molecular complexity index is 714. The number of Topliss-reactive ketones (excluding diaryl/α,β-unsaturated/α-hetero) is 1. The van der Waals surface area contributed by atoms with E-state index >= 15 is 0 Å². The van der Waals surface area contributed by atoms with E-state index in [-0.39, 0.29) is 29.4 Å². The third kappa shape index (κ3) is 10.5. The lowest BCUT2D eigenvalue weighted by atomic mass is 10.00. The molecule has 0 spiro atoms. The van der Waals surface area contributed by atoms with Gasteiger partial charge in [0.15, 0.2) is 5.75 Å². The summed E-state index contributed by atoms with van der Waals surface area (Å²) in [4.78, 5) is 36.5. The number of carboxylic acids is 1. The lowest BCUT2D eigenvalue weighted by molar-refractivity contribution is -0.118. The maximum absolute atomic E-state index is 12.4. The monoisotopic (exact) mass is 433 g/mol. The third-order valence-electron chi connectivity index (χ3n) is 5.33. The Hall–Kier alpha value is -2.37. The smallest absolute Gasteiger partial charge is 0.339 e. The number of benzene rings is 1. The number of carbonyl (C=O) groups excluding carboxylic acids is 2. The summed E-state index contributed by atoms with van der Waals surface area (Å²) in [7, 11) is 1.38. The van der Waals surface area contributed by atoms with Crippen molar-refractivity contribution in [2.45, 2.75) is 97.3 Å². The van der Waals surface area contributed by atoms with E-state index in [9.17, 15) is 19.5 Å². The lowest BCUT2D eigenvalue weighted by Gasteiger charge is -2.15. The van der Waals surface area contributed by atoms with Crippen LogP contribution in [0.2, 0.25) is 0 Å². The molecule has 6 heteroatoms. The van der Waals surface area contributed by atoms with Gasteiger partial charge in [0.25, 0.3) is 0 Å². The molecule has 1 rings (SSSR count). The van der Waals surface area contributed by atoms with Gasteiger partial charge in [-0.3, -0.25) is 9.59 Å². The number of carbonyl (C=O) groups is 3. The van der Waals surface area contributed by atoms with Crippen LogP contribution in [0.5, 0.6) is 5.75 Å². The Balaban J connectivity index is 2.82. The number of hydrogen-bond acceptors (Lipinski definition) is 4. The van der Waals surface area contributed by atoms with Crippen LogP contribution in [0.15, 0.2) is 12.1 Å². The quantitative estimate of drug-likeness (QED) is 0.287. The van der Waals surface area contributed by atoms with Crippen molar-refractivity contribution in [3.05, 3.63) is 23.3 Å². The first-order valence-corrected chi connectivity index (χ1v) is 11.7. The predicted octanol–water partition coefficient (Wildman–Crippen LogP) is 6.16. The summed E-state index contributed by atoms with van der Waals surface area (Å²) in [6, 6.07) is 3.13. The topological polar surface area (TPSA) is 92.7 Å². The van der Waals surface area contributed by atoms with Crippen molar-refractivity contribution in [1.29, 1.82) is 0 Å². The molecule has 0 heterocycles. The second-order valence-corrected chi connectivity index (χ2v) is 8.12. The van der Waals surface area contributed by atoms with Crippen molar-refractivity contribution < 1.29 is 24.2 Å². The van der Waals surface area contributed by atoms with Gasteiger partial charge in [0.1, 0.15) is 11.3 Å². The summed E-state index contributed by atoms with van der Waals surface area (Å²) in [5.74, 6) is -1.14. The first-order chi connectivity index (χ1) is 14.9. The minimum Gasteiger partial charge on any atom is -0.494 e. The molecule has 6 nitrogen and oxygen atoms in total. The molecule has 0 aliphatic heterocycles. The number of aromatic carboxylic acids is 1. The lowest BCUT2D eigenvalue weighted by Crippen LogP contribution is -2.15. The molecule has 0 atom stereocenters. The molecule has 1 amide bonds. The van der Waals surface area contributed by atoms with E-state index < -0.39 is 5.97 Å². The Labute approximate surface area is 186 Å². The molecular weight excluding hydrogens is 394 g/mol. The van der Waals surface area contributed by atoms with Crippen LogP contribution < -0.4 is 10.1 Å². The van der Waals surface area contributed by atoms with Gasteiger partial charge in [0, 0.05) is 19.3 Å². The second kappa shape index (κ2) is 15.4. The van der Waals surface area contributed by atoms with E-state index in [0.717, 1.165) is 57.8 Å². The molecule has 0 saturated heterocycles. The summed E-state index contributed by atoms with van der Waals surface area (Å²) in [6.07, 6.45) is 11.5. The Kier molecular flexibility index (Phi) is 13.3. The van der Waals surface area contributed by atoms with Gasteiger partial charge < -0.3 is 15.2 Å². The fraction of sp³-hybridized carbons (Fsp3) is 0.640. The number of methoxy groups -OCH3 is 1. The van der Waals surface area contributed by atoms with Crippen LogP contribution in [0, 0.1) is 0 Å². The van der Waals surface area contributed by atoms with E-state index in [1.807, 2.05) is 0 Å². The molecule has 0 aliphatic carbocycles. The molecule has 2 N–H and O–H groups in total. The van der Waals surface area contributed by atoms with Crippen molar-refractivity contribution in [3.63, 3.8) is 0 Å². The molecule has 0 aliphatic rings. The van der Waals surface area contributed by atoms with Gasteiger partial charge in [-0.25, -0.2) is 4.79 Å². The predicted molar refractivity (Wildman–Crippen MR) is 124 cm³/mol. The van der Waals surface area contributed by atoms with Crippen molar-refractivity contribution in [2.24, 2.45) is 0 Å². The van der Waals surface area contributed by atoms with Crippen LogP contribution in [0.3, 0.4) is 0 Å². The molecule has 0 unspecified atom stereocenters. The molecule has 1 aromatic rings. The van der Waals surface area contributed by atoms with Gasteiger partial charge in [-0.1, -0.05) is 65.2 Å². The van der Waals surface area contributed by atoms with E-state index in [0.29, 0.717) is 24.1 Å². The third-order valence-corrected chi connectivity index (χ3v) is 5.33. The van der Waals surface area contributed by atoms with Crippen LogP contribution >= 0.6 is 0 Å². The molecule has 174 valence electrons. The van der Waals surface area contributed by atoms with Crippen LogP contribution in [-0.2, 0) is 16.0 Å². The zero-order valence-corrected chi connectivity index (χ0v) is 19.4. The number of rotatable bonds is 17. The van der Waals surface area contributed by atoms with Gasteiger partial charge in [-0.15, -0.1) is 0 Å². The van der Waals surface area contributed by atoms with E-state index in [4.69, 9.17) is 4.74 Å². The first kappa shape index (κ1) is 26.7. The number of nitrogens with one attached hydrogen (secondary N) is 1. The largest absolute Gasteiger partial charge is 0.494 e. The molecular formula is C25H39NO5. The average molecular weight is 434 g/mol. The maximum Gasteiger partial charge on any atom is 0.339 e. The molecule has 0 saturated carbocycles. The summed E-state index contributed by atoms with van der Waals surface area (Å²) in [5.41, 5.74) is 0.843. The van der Waals surface area contributed by atoms with E-state index in [2.05, 4.69) is 19.2 Å². The zero-order chi connectivity index (χ0) is 23.1. The van der Waals surface area contributed by atoms with Crippen molar-refractivity contribution in [3.8, 4) is 5.75 Å². The summed E-state index contributed by atoms with van der Waals surface area (Å²) >= 11 is 0. The SMILES string of the molecule is CCCCCCCC(=O)Cc1cc(NC(=O)CCCCCCC)c(OC)c(C(=O)O)c1. The summed E-state index contributed by atoms with van der Waals surface area (Å²) in [6.45, 7) is 4.29. The first-order valence-electron chi connectivity index (χ1n) is 11.7. The fourth-order valence-electron chi connectivity index (χ4n) is 3.61. The second-order valence-electron chi connectivity index (χ2n) is 8.12. The standard InChI is InChI=1S/C25H39NO5/c1-4-6-8-10-12-14-20(27)16-19-17-21(25(29)30)24(31-3)22(18-19)26-23(28)15-13-11-9-7-5-2/h17-18H,4-16H2,1-3H3,(H,26,28)(H,29,30). The van der Waals surface area contributed by atoms with Gasteiger partial charge in [0.2, 0.25) is 5.91 Å². The molecule has 31 heavy (non-hydrogen) atoms. The maximum atomic E-state index is 12.4. The highest BCUT2D eigenvalue weighted by Crippen LogP contribution is 2.31. The zero-order valence-electron chi connectivity index (χ0n) is 19.4. The minimum atomic E-state index is -1.15. The highest BCUT2D eigenvalue weighted by atomic mass is 16.5. The molecule has 1 aromatic carbocycles. The van der Waals surface area contributed by atoms with Crippen LogP contribution in [-0.4, -0.2) is 29.9 Å². The molecule has 0 radical (unpaired) electrons. The number of ketones is 1. The Morgan fingerprint density at radius 3 is 2.00 bits per heavy atom. The van der Waals surface area contributed by atoms with Gasteiger partial charge in [-0.2, -0.15) is 0 Å². The minimum absolute atomic E-state index is 0.0472.